The van der Waals surface area contributed by atoms with Gasteiger partial charge in [-0.1, -0.05) is 11.6 Å². The van der Waals surface area contributed by atoms with Crippen LogP contribution in [0.4, 0.5) is 5.69 Å². The number of nitriles is 2. The number of hydrogen-bond donors (Lipinski definition) is 0. The van der Waals surface area contributed by atoms with E-state index in [1.165, 1.54) is 0 Å². The second-order valence-corrected chi connectivity index (χ2v) is 6.54. The lowest BCUT2D eigenvalue weighted by atomic mass is 10.1. The molecule has 0 aromatic heterocycles. The molecule has 0 N–H and O–H groups in total. The van der Waals surface area contributed by atoms with Gasteiger partial charge in [-0.15, -0.1) is 0 Å². The molecule has 2 aromatic carbocycles. The van der Waals surface area contributed by atoms with Gasteiger partial charge >= 0.3 is 0 Å². The summed E-state index contributed by atoms with van der Waals surface area (Å²) in [6.45, 7) is 6.47. The lowest BCUT2D eigenvalue weighted by Crippen LogP contribution is -2.36. The van der Waals surface area contributed by atoms with Crippen molar-refractivity contribution in [2.45, 2.75) is 13.8 Å². The highest BCUT2D eigenvalue weighted by atomic mass is 35.5. The van der Waals surface area contributed by atoms with Crippen molar-refractivity contribution in [1.29, 1.82) is 10.5 Å². The molecule has 1 aliphatic rings. The summed E-state index contributed by atoms with van der Waals surface area (Å²) in [5, 5.41) is 19.4. The van der Waals surface area contributed by atoms with E-state index in [9.17, 15) is 10.5 Å². The predicted octanol–water partition coefficient (Wildman–Crippen LogP) is 4.33. The minimum atomic E-state index is 0.293. The molecule has 5 nitrogen and oxygen atoms in total. The van der Waals surface area contributed by atoms with E-state index in [2.05, 4.69) is 17.0 Å². The Kier molecular flexibility index (Phi) is 5.32. The molecule has 1 heterocycles. The van der Waals surface area contributed by atoms with E-state index >= 15 is 0 Å². The third-order valence-electron chi connectivity index (χ3n) is 4.33. The molecule has 0 amide bonds. The van der Waals surface area contributed by atoms with Crippen molar-refractivity contribution >= 4 is 17.3 Å². The number of hydrogen-bond acceptors (Lipinski definition) is 5. The molecular formula is C20H18ClN3O2. The van der Waals surface area contributed by atoms with Gasteiger partial charge < -0.3 is 14.4 Å². The van der Waals surface area contributed by atoms with Gasteiger partial charge in [0.1, 0.15) is 17.9 Å². The maximum Gasteiger partial charge on any atom is 0.152 e. The topological polar surface area (TPSA) is 69.3 Å². The first-order valence-corrected chi connectivity index (χ1v) is 8.67. The van der Waals surface area contributed by atoms with Gasteiger partial charge in [-0.05, 0) is 43.2 Å². The quantitative estimate of drug-likeness (QED) is 0.807. The van der Waals surface area contributed by atoms with Crippen LogP contribution in [0.2, 0.25) is 5.02 Å². The largest absolute Gasteiger partial charge is 0.455 e. The van der Waals surface area contributed by atoms with E-state index in [0.29, 0.717) is 54.0 Å². The number of aryl methyl sites for hydroxylation is 2. The summed E-state index contributed by atoms with van der Waals surface area (Å²) in [4.78, 5) is 2.11. The van der Waals surface area contributed by atoms with Gasteiger partial charge in [-0.25, -0.2) is 0 Å². The molecule has 26 heavy (non-hydrogen) atoms. The zero-order valence-corrected chi connectivity index (χ0v) is 15.4. The van der Waals surface area contributed by atoms with E-state index in [1.54, 1.807) is 12.1 Å². The molecule has 132 valence electrons. The normalized spacial score (nSPS) is 13.8. The van der Waals surface area contributed by atoms with Crippen LogP contribution in [-0.2, 0) is 4.74 Å². The number of anilines is 1. The third-order valence-corrected chi connectivity index (χ3v) is 4.93. The monoisotopic (exact) mass is 367 g/mol. The van der Waals surface area contributed by atoms with Gasteiger partial charge in [0.2, 0.25) is 0 Å². The molecule has 1 aliphatic heterocycles. The SMILES string of the molecule is Cc1cc(Oc2cc(C#N)c(C#N)cc2N2CCOCC2)cc(C)c1Cl. The minimum absolute atomic E-state index is 0.293. The molecule has 1 fully saturated rings. The summed E-state index contributed by atoms with van der Waals surface area (Å²) in [6.07, 6.45) is 0. The second kappa shape index (κ2) is 7.66. The number of halogens is 1. The molecule has 0 aliphatic carbocycles. The average molecular weight is 368 g/mol. The first kappa shape index (κ1) is 18.1. The number of ether oxygens (including phenoxy) is 2. The van der Waals surface area contributed by atoms with Gasteiger partial charge in [0.15, 0.2) is 5.75 Å². The predicted molar refractivity (Wildman–Crippen MR) is 99.9 cm³/mol. The average Bonchev–Trinajstić information content (AvgIpc) is 2.66. The van der Waals surface area contributed by atoms with E-state index < -0.39 is 0 Å². The van der Waals surface area contributed by atoms with Crippen LogP contribution in [0.3, 0.4) is 0 Å². The van der Waals surface area contributed by atoms with Crippen LogP contribution < -0.4 is 9.64 Å². The Morgan fingerprint density at radius 1 is 1.00 bits per heavy atom. The highest BCUT2D eigenvalue weighted by Gasteiger charge is 2.20. The lowest BCUT2D eigenvalue weighted by molar-refractivity contribution is 0.122. The highest BCUT2D eigenvalue weighted by molar-refractivity contribution is 6.32. The van der Waals surface area contributed by atoms with E-state index in [1.807, 2.05) is 26.0 Å². The van der Waals surface area contributed by atoms with Crippen LogP contribution >= 0.6 is 11.6 Å². The molecular weight excluding hydrogens is 350 g/mol. The minimum Gasteiger partial charge on any atom is -0.455 e. The summed E-state index contributed by atoms with van der Waals surface area (Å²) < 4.78 is 11.5. The lowest BCUT2D eigenvalue weighted by Gasteiger charge is -2.30. The Bertz CT molecular complexity index is 899. The van der Waals surface area contributed by atoms with Crippen molar-refractivity contribution in [3.8, 4) is 23.6 Å². The fourth-order valence-corrected chi connectivity index (χ4v) is 3.09. The van der Waals surface area contributed by atoms with Crippen molar-refractivity contribution in [3.05, 3.63) is 51.5 Å². The summed E-state index contributed by atoms with van der Waals surface area (Å²) in [5.74, 6) is 1.19. The van der Waals surface area contributed by atoms with Crippen LogP contribution in [0.5, 0.6) is 11.5 Å². The summed E-state index contributed by atoms with van der Waals surface area (Å²) in [7, 11) is 0. The van der Waals surface area contributed by atoms with E-state index in [0.717, 1.165) is 16.8 Å². The van der Waals surface area contributed by atoms with Gasteiger partial charge in [-0.3, -0.25) is 0 Å². The van der Waals surface area contributed by atoms with E-state index in [-0.39, 0.29) is 0 Å². The number of benzene rings is 2. The van der Waals surface area contributed by atoms with Crippen LogP contribution in [0, 0.1) is 36.5 Å². The maximum atomic E-state index is 9.36. The van der Waals surface area contributed by atoms with Gasteiger partial charge in [0, 0.05) is 24.2 Å². The molecule has 0 bridgehead atoms. The Morgan fingerprint density at radius 3 is 2.15 bits per heavy atom. The first-order valence-electron chi connectivity index (χ1n) is 8.29. The highest BCUT2D eigenvalue weighted by Crippen LogP contribution is 2.37. The molecule has 1 saturated heterocycles. The van der Waals surface area contributed by atoms with Gasteiger partial charge in [0.05, 0.1) is 30.0 Å². The van der Waals surface area contributed by atoms with Crippen molar-refractivity contribution in [2.24, 2.45) is 0 Å². The zero-order chi connectivity index (χ0) is 18.7. The molecule has 0 spiro atoms. The Hall–Kier alpha value is -2.73. The van der Waals surface area contributed by atoms with Gasteiger partial charge in [0.25, 0.3) is 0 Å². The van der Waals surface area contributed by atoms with Crippen LogP contribution in [0.15, 0.2) is 24.3 Å². The van der Waals surface area contributed by atoms with Crippen molar-refractivity contribution in [3.63, 3.8) is 0 Å². The molecule has 3 rings (SSSR count). The molecule has 0 saturated carbocycles. The maximum absolute atomic E-state index is 9.36. The molecule has 0 unspecified atom stereocenters. The summed E-state index contributed by atoms with van der Waals surface area (Å²) in [6, 6.07) is 11.2. The van der Waals surface area contributed by atoms with Crippen molar-refractivity contribution in [2.75, 3.05) is 31.2 Å². The standard InChI is InChI=1S/C20H18ClN3O2/c1-13-7-17(8-14(2)20(13)21)26-19-10-16(12-23)15(11-22)9-18(19)24-3-5-25-6-4-24/h7-10H,3-6H2,1-2H3. The number of morpholine rings is 1. The summed E-state index contributed by atoms with van der Waals surface area (Å²) in [5.41, 5.74) is 3.26. The zero-order valence-electron chi connectivity index (χ0n) is 14.7. The Balaban J connectivity index is 2.07. The van der Waals surface area contributed by atoms with Crippen molar-refractivity contribution in [1.82, 2.24) is 0 Å². The first-order chi connectivity index (χ1) is 12.5. The molecule has 0 atom stereocenters. The Labute approximate surface area is 157 Å². The number of nitrogens with zero attached hydrogens (tertiary/aromatic N) is 3. The fraction of sp³-hybridized carbons (Fsp3) is 0.300. The number of rotatable bonds is 3. The fourth-order valence-electron chi connectivity index (χ4n) is 2.98. The van der Waals surface area contributed by atoms with Crippen LogP contribution in [0.25, 0.3) is 0 Å². The second-order valence-electron chi connectivity index (χ2n) is 6.16. The smallest absolute Gasteiger partial charge is 0.152 e. The molecule has 2 aromatic rings. The summed E-state index contributed by atoms with van der Waals surface area (Å²) >= 11 is 6.24. The van der Waals surface area contributed by atoms with Gasteiger partial charge in [-0.2, -0.15) is 10.5 Å². The molecule has 0 radical (unpaired) electrons. The van der Waals surface area contributed by atoms with E-state index in [4.69, 9.17) is 21.1 Å². The third kappa shape index (κ3) is 3.60. The van der Waals surface area contributed by atoms with Crippen LogP contribution in [0.1, 0.15) is 22.3 Å². The van der Waals surface area contributed by atoms with Crippen molar-refractivity contribution < 1.29 is 9.47 Å². The van der Waals surface area contributed by atoms with Crippen LogP contribution in [-0.4, -0.2) is 26.3 Å². The molecule has 6 heteroatoms. The Morgan fingerprint density at radius 2 is 1.58 bits per heavy atom.